The van der Waals surface area contributed by atoms with Gasteiger partial charge in [-0.1, -0.05) is 18.2 Å². The van der Waals surface area contributed by atoms with Crippen molar-refractivity contribution in [1.29, 1.82) is 0 Å². The maximum Gasteiger partial charge on any atom is 0.268 e. The first-order valence-electron chi connectivity index (χ1n) is 11.7. The summed E-state index contributed by atoms with van der Waals surface area (Å²) in [5, 5.41) is 6.89. The number of rotatable bonds is 5. The van der Waals surface area contributed by atoms with E-state index >= 15 is 0 Å². The molecule has 0 radical (unpaired) electrons. The molecule has 0 saturated carbocycles. The van der Waals surface area contributed by atoms with Crippen LogP contribution in [0.4, 0.5) is 11.4 Å². The second-order valence-corrected chi connectivity index (χ2v) is 9.22. The average Bonchev–Trinajstić information content (AvgIpc) is 3.18. The third-order valence-electron chi connectivity index (χ3n) is 6.61. The second kappa shape index (κ2) is 9.27. The van der Waals surface area contributed by atoms with Crippen molar-refractivity contribution in [2.24, 2.45) is 7.05 Å². The summed E-state index contributed by atoms with van der Waals surface area (Å²) in [6, 6.07) is 20.9. The van der Waals surface area contributed by atoms with E-state index in [1.807, 2.05) is 60.1 Å². The number of nitrogens with two attached hydrogens (primary N) is 1. The van der Waals surface area contributed by atoms with Crippen LogP contribution in [0, 0.1) is 0 Å². The molecule has 0 saturated heterocycles. The summed E-state index contributed by atoms with van der Waals surface area (Å²) in [5.74, 6) is -0.357. The van der Waals surface area contributed by atoms with Crippen LogP contribution >= 0.6 is 0 Å². The van der Waals surface area contributed by atoms with Gasteiger partial charge in [0, 0.05) is 54.5 Å². The Hall–Kier alpha value is -4.10. The zero-order valence-corrected chi connectivity index (χ0v) is 20.0. The van der Waals surface area contributed by atoms with Crippen LogP contribution in [0.5, 0.6) is 0 Å². The van der Waals surface area contributed by atoms with Gasteiger partial charge in [-0.3, -0.25) is 9.59 Å². The third-order valence-corrected chi connectivity index (χ3v) is 6.61. The molecule has 2 amide bonds. The highest BCUT2D eigenvalue weighted by Crippen LogP contribution is 2.23. The molecule has 7 heteroatoms. The molecule has 2 heterocycles. The molecule has 0 aliphatic carbocycles. The molecule has 178 valence electrons. The summed E-state index contributed by atoms with van der Waals surface area (Å²) in [4.78, 5) is 28.0. The van der Waals surface area contributed by atoms with Crippen LogP contribution in [0.15, 0.2) is 66.7 Å². The zero-order chi connectivity index (χ0) is 24.5. The fourth-order valence-corrected chi connectivity index (χ4v) is 4.66. The number of aromatic nitrogens is 1. The molecular weight excluding hydrogens is 438 g/mol. The molecule has 35 heavy (non-hydrogen) atoms. The number of benzene rings is 3. The van der Waals surface area contributed by atoms with Gasteiger partial charge in [0.15, 0.2) is 0 Å². The number of amides is 2. The van der Waals surface area contributed by atoms with E-state index < -0.39 is 0 Å². The van der Waals surface area contributed by atoms with Gasteiger partial charge in [-0.2, -0.15) is 0 Å². The van der Waals surface area contributed by atoms with Crippen LogP contribution in [0.25, 0.3) is 10.9 Å². The molecule has 3 aromatic carbocycles. The number of hydrogen-bond donors (Lipinski definition) is 3. The molecule has 0 bridgehead atoms. The Bertz CT molecular complexity index is 1440. The van der Waals surface area contributed by atoms with Crippen LogP contribution < -0.4 is 16.4 Å². The van der Waals surface area contributed by atoms with Crippen molar-refractivity contribution >= 4 is 34.1 Å². The third kappa shape index (κ3) is 4.76. The van der Waals surface area contributed by atoms with Crippen LogP contribution in [-0.4, -0.2) is 34.9 Å². The number of fused-ring (bicyclic) bond motifs is 2. The minimum Gasteiger partial charge on any atom is -0.399 e. The number of hydrogen-bond acceptors (Lipinski definition) is 4. The van der Waals surface area contributed by atoms with Crippen molar-refractivity contribution in [3.63, 3.8) is 0 Å². The van der Waals surface area contributed by atoms with E-state index in [0.29, 0.717) is 23.5 Å². The summed E-state index contributed by atoms with van der Waals surface area (Å²) >= 11 is 0. The predicted molar refractivity (Wildman–Crippen MR) is 139 cm³/mol. The molecule has 4 N–H and O–H groups in total. The Kier molecular flexibility index (Phi) is 6.01. The van der Waals surface area contributed by atoms with Gasteiger partial charge in [0.05, 0.1) is 0 Å². The van der Waals surface area contributed by atoms with Gasteiger partial charge in [0.2, 0.25) is 0 Å². The lowest BCUT2D eigenvalue weighted by atomic mass is 9.99. The van der Waals surface area contributed by atoms with Gasteiger partial charge >= 0.3 is 0 Å². The van der Waals surface area contributed by atoms with Crippen LogP contribution in [0.1, 0.15) is 37.5 Å². The van der Waals surface area contributed by atoms with Gasteiger partial charge < -0.3 is 25.8 Å². The topological polar surface area (TPSA) is 92.4 Å². The van der Waals surface area contributed by atoms with Gasteiger partial charge in [0.25, 0.3) is 11.8 Å². The second-order valence-electron chi connectivity index (χ2n) is 9.22. The van der Waals surface area contributed by atoms with Crippen molar-refractivity contribution in [3.8, 4) is 0 Å². The van der Waals surface area contributed by atoms with E-state index in [1.54, 1.807) is 6.07 Å². The first kappa shape index (κ1) is 22.7. The molecule has 0 unspecified atom stereocenters. The highest BCUT2D eigenvalue weighted by atomic mass is 16.2. The fraction of sp³-hybridized carbons (Fsp3) is 0.214. The van der Waals surface area contributed by atoms with E-state index in [9.17, 15) is 9.59 Å². The lowest BCUT2D eigenvalue weighted by Gasteiger charge is -2.25. The van der Waals surface area contributed by atoms with E-state index in [-0.39, 0.29) is 11.8 Å². The van der Waals surface area contributed by atoms with E-state index in [1.165, 1.54) is 11.1 Å². The summed E-state index contributed by atoms with van der Waals surface area (Å²) < 4.78 is 1.85. The Balaban J connectivity index is 1.25. The lowest BCUT2D eigenvalue weighted by Crippen LogP contribution is -2.26. The average molecular weight is 468 g/mol. The fourth-order valence-electron chi connectivity index (χ4n) is 4.66. The molecule has 7 nitrogen and oxygen atoms in total. The standard InChI is InChI=1S/C28H29N5O2/c1-32-11-10-19-6-8-24(14-22(19)17-32)31-27(34)20-5-3-4-18(12-20)16-30-28(35)26-15-21-13-23(29)7-9-25(21)33(26)2/h3-9,12-15H,10-11,16-17,29H2,1-2H3,(H,30,35)(H,31,34). The molecule has 0 spiro atoms. The summed E-state index contributed by atoms with van der Waals surface area (Å²) in [6.45, 7) is 2.25. The Morgan fingerprint density at radius 1 is 0.943 bits per heavy atom. The van der Waals surface area contributed by atoms with Crippen LogP contribution in [0.3, 0.4) is 0 Å². The molecule has 1 aliphatic rings. The van der Waals surface area contributed by atoms with Crippen LogP contribution in [-0.2, 0) is 26.6 Å². The highest BCUT2D eigenvalue weighted by molar-refractivity contribution is 6.04. The Morgan fingerprint density at radius 3 is 2.66 bits per heavy atom. The monoisotopic (exact) mass is 467 g/mol. The molecule has 4 aromatic rings. The van der Waals surface area contributed by atoms with Gasteiger partial charge in [-0.05, 0) is 78.7 Å². The highest BCUT2D eigenvalue weighted by Gasteiger charge is 2.16. The number of aryl methyl sites for hydroxylation is 1. The maximum absolute atomic E-state index is 12.9. The SMILES string of the molecule is CN1CCc2ccc(NC(=O)c3cccc(CNC(=O)c4cc5cc(N)ccc5n4C)c3)cc2C1. The van der Waals surface area contributed by atoms with Crippen molar-refractivity contribution in [3.05, 3.63) is 94.7 Å². The summed E-state index contributed by atoms with van der Waals surface area (Å²) in [7, 11) is 3.96. The van der Waals surface area contributed by atoms with E-state index in [2.05, 4.69) is 34.7 Å². The Morgan fingerprint density at radius 2 is 1.80 bits per heavy atom. The molecule has 1 aliphatic heterocycles. The number of carbonyl (C=O) groups is 2. The Labute approximate surface area is 204 Å². The van der Waals surface area contributed by atoms with Gasteiger partial charge in [-0.15, -0.1) is 0 Å². The summed E-state index contributed by atoms with van der Waals surface area (Å²) in [5.41, 5.74) is 12.8. The van der Waals surface area contributed by atoms with Gasteiger partial charge in [0.1, 0.15) is 5.69 Å². The van der Waals surface area contributed by atoms with Crippen molar-refractivity contribution in [1.82, 2.24) is 14.8 Å². The van der Waals surface area contributed by atoms with Crippen molar-refractivity contribution in [2.45, 2.75) is 19.5 Å². The zero-order valence-electron chi connectivity index (χ0n) is 20.0. The number of carbonyl (C=O) groups excluding carboxylic acids is 2. The number of nitrogens with zero attached hydrogens (tertiary/aromatic N) is 2. The molecule has 0 atom stereocenters. The maximum atomic E-state index is 12.9. The normalized spacial score (nSPS) is 13.4. The largest absolute Gasteiger partial charge is 0.399 e. The molecule has 5 rings (SSSR count). The molecule has 0 fully saturated rings. The van der Waals surface area contributed by atoms with Crippen LogP contribution in [0.2, 0.25) is 0 Å². The molecule has 1 aromatic heterocycles. The quantitative estimate of drug-likeness (QED) is 0.388. The number of nitrogen functional groups attached to an aromatic ring is 1. The number of nitrogens with one attached hydrogen (secondary N) is 2. The smallest absolute Gasteiger partial charge is 0.268 e. The number of likely N-dealkylation sites (N-methyl/N-ethyl adjacent to an activating group) is 1. The van der Waals surface area contributed by atoms with E-state index in [4.69, 9.17) is 5.73 Å². The van der Waals surface area contributed by atoms with Gasteiger partial charge in [-0.25, -0.2) is 0 Å². The predicted octanol–water partition coefficient (Wildman–Crippen LogP) is 3.93. The molecular formula is C28H29N5O2. The lowest BCUT2D eigenvalue weighted by molar-refractivity contribution is 0.0942. The van der Waals surface area contributed by atoms with E-state index in [0.717, 1.165) is 41.7 Å². The summed E-state index contributed by atoms with van der Waals surface area (Å²) in [6.07, 6.45) is 1.03. The minimum absolute atomic E-state index is 0.173. The first-order chi connectivity index (χ1) is 16.9. The first-order valence-corrected chi connectivity index (χ1v) is 11.7. The minimum atomic E-state index is -0.184. The van der Waals surface area contributed by atoms with Crippen molar-refractivity contribution in [2.75, 3.05) is 24.6 Å². The number of anilines is 2. The van der Waals surface area contributed by atoms with Crippen molar-refractivity contribution < 1.29 is 9.59 Å².